The van der Waals surface area contributed by atoms with Gasteiger partial charge in [-0.1, -0.05) is 11.6 Å². The maximum Gasteiger partial charge on any atom is 0.126 e. The summed E-state index contributed by atoms with van der Waals surface area (Å²) in [6, 6.07) is 3.67. The maximum atomic E-state index is 11.4. The third-order valence-electron chi connectivity index (χ3n) is 3.20. The van der Waals surface area contributed by atoms with E-state index in [0.29, 0.717) is 21.2 Å². The van der Waals surface area contributed by atoms with Crippen LogP contribution in [0.4, 0.5) is 0 Å². The smallest absolute Gasteiger partial charge is 0.126 e. The minimum absolute atomic E-state index is 0.161. The van der Waals surface area contributed by atoms with Crippen molar-refractivity contribution in [3.63, 3.8) is 0 Å². The van der Waals surface area contributed by atoms with Crippen molar-refractivity contribution in [3.05, 3.63) is 45.7 Å². The van der Waals surface area contributed by atoms with E-state index in [9.17, 15) is 9.90 Å². The van der Waals surface area contributed by atoms with Gasteiger partial charge in [0.05, 0.1) is 27.3 Å². The summed E-state index contributed by atoms with van der Waals surface area (Å²) < 4.78 is 1.75. The highest BCUT2D eigenvalue weighted by Gasteiger charge is 2.19. The van der Waals surface area contributed by atoms with Gasteiger partial charge < -0.3 is 14.5 Å². The molecule has 20 heavy (non-hydrogen) atoms. The Morgan fingerprint density at radius 2 is 2.00 bits per heavy atom. The average Bonchev–Trinajstić information content (AvgIpc) is 3.01. The second kappa shape index (κ2) is 4.61. The number of pyridine rings is 1. The molecule has 0 bridgehead atoms. The van der Waals surface area contributed by atoms with Gasteiger partial charge in [-0.25, -0.2) is 4.98 Å². The van der Waals surface area contributed by atoms with Gasteiger partial charge in [0, 0.05) is 17.8 Å². The lowest BCUT2D eigenvalue weighted by atomic mass is 10.1. The standard InChI is InChI=1S/C14H11ClN2O2S/c1-7-9-11(17-5-3-4-6-17)12(14(18)19)20-13(9)16-8(2)10(7)15/h3-6H,1-2H3,(H,18,19)/p-1. The molecule has 3 rings (SSSR count). The summed E-state index contributed by atoms with van der Waals surface area (Å²) in [7, 11) is 0. The SMILES string of the molecule is Cc1nc2sc(C(=O)[O-])c(-n3cccc3)c2c(C)c1Cl. The zero-order valence-corrected chi connectivity index (χ0v) is 12.4. The fourth-order valence-electron chi connectivity index (χ4n) is 2.28. The van der Waals surface area contributed by atoms with Crippen LogP contribution in [-0.4, -0.2) is 15.5 Å². The molecule has 0 N–H and O–H groups in total. The van der Waals surface area contributed by atoms with Crippen LogP contribution in [0.3, 0.4) is 0 Å². The zero-order chi connectivity index (χ0) is 14.4. The van der Waals surface area contributed by atoms with Gasteiger partial charge in [0.25, 0.3) is 0 Å². The van der Waals surface area contributed by atoms with E-state index in [1.807, 2.05) is 26.0 Å². The molecule has 0 aliphatic heterocycles. The van der Waals surface area contributed by atoms with Crippen LogP contribution in [-0.2, 0) is 0 Å². The molecule has 0 saturated carbocycles. The van der Waals surface area contributed by atoms with Crippen molar-refractivity contribution in [3.8, 4) is 5.69 Å². The lowest BCUT2D eigenvalue weighted by molar-refractivity contribution is -0.254. The number of carbonyl (C=O) groups is 1. The fraction of sp³-hybridized carbons (Fsp3) is 0.143. The van der Waals surface area contributed by atoms with Crippen LogP contribution >= 0.6 is 22.9 Å². The number of carboxylic acids is 1. The Kier molecular flexibility index (Phi) is 3.03. The molecule has 3 aromatic heterocycles. The Morgan fingerprint density at radius 1 is 1.35 bits per heavy atom. The number of thiophene rings is 1. The van der Waals surface area contributed by atoms with Gasteiger partial charge in [-0.3, -0.25) is 0 Å². The average molecular weight is 306 g/mol. The van der Waals surface area contributed by atoms with Crippen molar-refractivity contribution in [1.29, 1.82) is 0 Å². The predicted octanol–water partition coefficient (Wildman–Crippen LogP) is 2.72. The largest absolute Gasteiger partial charge is 0.544 e. The number of aryl methyl sites for hydroxylation is 2. The minimum Gasteiger partial charge on any atom is -0.544 e. The topological polar surface area (TPSA) is 57.9 Å². The van der Waals surface area contributed by atoms with Crippen molar-refractivity contribution in [1.82, 2.24) is 9.55 Å². The number of hydrogen-bond donors (Lipinski definition) is 0. The number of rotatable bonds is 2. The second-order valence-corrected chi connectivity index (χ2v) is 5.85. The van der Waals surface area contributed by atoms with E-state index in [0.717, 1.165) is 22.3 Å². The number of aromatic carboxylic acids is 1. The molecule has 6 heteroatoms. The molecule has 0 spiro atoms. The Balaban J connectivity index is 2.49. The molecule has 0 aliphatic carbocycles. The van der Waals surface area contributed by atoms with E-state index < -0.39 is 5.97 Å². The molecule has 3 heterocycles. The molecule has 0 fully saturated rings. The Bertz CT molecular complexity index is 822. The summed E-state index contributed by atoms with van der Waals surface area (Å²) in [5.74, 6) is -1.20. The van der Waals surface area contributed by atoms with Gasteiger partial charge in [-0.2, -0.15) is 0 Å². The molecule has 0 saturated heterocycles. The third-order valence-corrected chi connectivity index (χ3v) is 4.81. The molecule has 0 atom stereocenters. The van der Waals surface area contributed by atoms with E-state index in [4.69, 9.17) is 11.6 Å². The third kappa shape index (κ3) is 1.82. The number of hydrogen-bond acceptors (Lipinski definition) is 4. The van der Waals surface area contributed by atoms with Gasteiger partial charge in [-0.05, 0) is 31.5 Å². The number of aromatic nitrogens is 2. The van der Waals surface area contributed by atoms with Gasteiger partial charge in [-0.15, -0.1) is 11.3 Å². The zero-order valence-electron chi connectivity index (χ0n) is 10.8. The monoisotopic (exact) mass is 305 g/mol. The van der Waals surface area contributed by atoms with Crippen molar-refractivity contribution in [2.75, 3.05) is 0 Å². The minimum atomic E-state index is -1.20. The fourth-order valence-corrected chi connectivity index (χ4v) is 3.53. The van der Waals surface area contributed by atoms with Gasteiger partial charge in [0.15, 0.2) is 0 Å². The lowest BCUT2D eigenvalue weighted by Crippen LogP contribution is -2.22. The Labute approximate surface area is 124 Å². The van der Waals surface area contributed by atoms with E-state index in [1.165, 1.54) is 0 Å². The molecule has 102 valence electrons. The molecule has 0 unspecified atom stereocenters. The van der Waals surface area contributed by atoms with Crippen LogP contribution in [0.1, 0.15) is 20.9 Å². The molecule has 0 aliphatic rings. The van der Waals surface area contributed by atoms with Gasteiger partial charge in [0.2, 0.25) is 0 Å². The second-order valence-electron chi connectivity index (χ2n) is 4.47. The highest BCUT2D eigenvalue weighted by Crippen LogP contribution is 2.38. The van der Waals surface area contributed by atoms with Crippen LogP contribution in [0.15, 0.2) is 24.5 Å². The van der Waals surface area contributed by atoms with E-state index in [-0.39, 0.29) is 4.88 Å². The van der Waals surface area contributed by atoms with Crippen molar-refractivity contribution in [2.24, 2.45) is 0 Å². The van der Waals surface area contributed by atoms with E-state index >= 15 is 0 Å². The summed E-state index contributed by atoms with van der Waals surface area (Å²) in [5, 5.41) is 12.7. The maximum absolute atomic E-state index is 11.4. The quantitative estimate of drug-likeness (QED) is 0.731. The number of carboxylic acid groups (broad SMARTS) is 1. The Morgan fingerprint density at radius 3 is 2.60 bits per heavy atom. The van der Waals surface area contributed by atoms with Crippen molar-refractivity contribution >= 4 is 39.1 Å². The molecule has 3 aromatic rings. The first-order valence-electron chi connectivity index (χ1n) is 5.94. The summed E-state index contributed by atoms with van der Waals surface area (Å²) in [6.07, 6.45) is 3.59. The van der Waals surface area contributed by atoms with Gasteiger partial charge >= 0.3 is 0 Å². The molecular formula is C14H10ClN2O2S-. The summed E-state index contributed by atoms with van der Waals surface area (Å²) in [5.41, 5.74) is 2.10. The first-order chi connectivity index (χ1) is 9.50. The Hall–Kier alpha value is -1.85. The highest BCUT2D eigenvalue weighted by atomic mass is 35.5. The molecule has 0 amide bonds. The summed E-state index contributed by atoms with van der Waals surface area (Å²) >= 11 is 7.36. The number of carbonyl (C=O) groups excluding carboxylic acids is 1. The highest BCUT2D eigenvalue weighted by molar-refractivity contribution is 7.21. The normalized spacial score (nSPS) is 11.2. The van der Waals surface area contributed by atoms with Crippen molar-refractivity contribution in [2.45, 2.75) is 13.8 Å². The van der Waals surface area contributed by atoms with Crippen LogP contribution in [0.5, 0.6) is 0 Å². The summed E-state index contributed by atoms with van der Waals surface area (Å²) in [6.45, 7) is 3.68. The van der Waals surface area contributed by atoms with Crippen molar-refractivity contribution < 1.29 is 9.90 Å². The first-order valence-corrected chi connectivity index (χ1v) is 7.14. The van der Waals surface area contributed by atoms with E-state index in [2.05, 4.69) is 4.98 Å². The van der Waals surface area contributed by atoms with Crippen LogP contribution in [0.2, 0.25) is 5.02 Å². The van der Waals surface area contributed by atoms with Crippen LogP contribution in [0.25, 0.3) is 15.9 Å². The molecule has 0 radical (unpaired) electrons. The molecular weight excluding hydrogens is 296 g/mol. The summed E-state index contributed by atoms with van der Waals surface area (Å²) in [4.78, 5) is 16.6. The lowest BCUT2D eigenvalue weighted by Gasteiger charge is -2.09. The number of halogens is 1. The van der Waals surface area contributed by atoms with E-state index in [1.54, 1.807) is 17.0 Å². The van der Waals surface area contributed by atoms with Gasteiger partial charge in [0.1, 0.15) is 4.83 Å². The number of nitrogens with zero attached hydrogens (tertiary/aromatic N) is 2. The molecule has 4 nitrogen and oxygen atoms in total. The first kappa shape index (κ1) is 13.1. The number of fused-ring (bicyclic) bond motifs is 1. The molecule has 0 aromatic carbocycles. The predicted molar refractivity (Wildman–Crippen MR) is 77.8 cm³/mol. The van der Waals surface area contributed by atoms with Crippen LogP contribution < -0.4 is 5.11 Å². The van der Waals surface area contributed by atoms with Crippen LogP contribution in [0, 0.1) is 13.8 Å².